The number of hydrogen-bond acceptors (Lipinski definition) is 2. The number of hydrogen-bond donors (Lipinski definition) is 2. The minimum atomic E-state index is -1.31. The summed E-state index contributed by atoms with van der Waals surface area (Å²) in [5.74, 6) is -1.60. The van der Waals surface area contributed by atoms with Crippen LogP contribution in [0, 0.1) is 5.92 Å². The van der Waals surface area contributed by atoms with Crippen LogP contribution >= 0.6 is 0 Å². The summed E-state index contributed by atoms with van der Waals surface area (Å²) in [6.45, 7) is 4.61. The van der Waals surface area contributed by atoms with Crippen molar-refractivity contribution in [2.75, 3.05) is 0 Å². The molecular weight excluding hydrogens is 394 g/mol. The van der Waals surface area contributed by atoms with E-state index in [4.69, 9.17) is 10.2 Å². The van der Waals surface area contributed by atoms with Gasteiger partial charge >= 0.3 is 200 Å². The van der Waals surface area contributed by atoms with Gasteiger partial charge in [0.15, 0.2) is 0 Å². The van der Waals surface area contributed by atoms with Crippen LogP contribution in [0.5, 0.6) is 0 Å². The Hall–Kier alpha value is 0.537. The van der Waals surface area contributed by atoms with Crippen LogP contribution in [0.1, 0.15) is 136 Å². The average molecular weight is 445 g/mol. The molecule has 0 aromatic rings. The minimum absolute atomic E-state index is 0. The Kier molecular flexibility index (Phi) is 35.6. The normalized spacial score (nSPS) is 10.4. The predicted molar refractivity (Wildman–Crippen MR) is 136 cm³/mol. The van der Waals surface area contributed by atoms with E-state index in [9.17, 15) is 9.59 Å². The Labute approximate surface area is 224 Å². The second-order valence-corrected chi connectivity index (χ2v) is 8.77. The Balaban J connectivity index is -0.000000840. The number of carbonyl (C=O) groups is 2. The first kappa shape index (κ1) is 36.1. The van der Waals surface area contributed by atoms with E-state index in [2.05, 4.69) is 31.6 Å². The molecule has 0 rings (SSSR count). The molecule has 2 N–H and O–H groups in total. The van der Waals surface area contributed by atoms with Gasteiger partial charge in [0.1, 0.15) is 6.42 Å². The van der Waals surface area contributed by atoms with Crippen LogP contribution in [-0.2, 0) is 9.59 Å². The van der Waals surface area contributed by atoms with E-state index in [1.54, 1.807) is 0 Å². The molecule has 0 aliphatic rings. The van der Waals surface area contributed by atoms with E-state index in [1.165, 1.54) is 121 Å². The van der Waals surface area contributed by atoms with E-state index >= 15 is 0 Å². The van der Waals surface area contributed by atoms with Crippen molar-refractivity contribution in [2.24, 2.45) is 5.92 Å². The fourth-order valence-electron chi connectivity index (χ4n) is 3.82. The van der Waals surface area contributed by atoms with Crippen LogP contribution in [0.15, 0.2) is 0 Å². The molecule has 0 amide bonds. The van der Waals surface area contributed by atoms with Gasteiger partial charge < -0.3 is 10.2 Å². The second-order valence-electron chi connectivity index (χ2n) is 8.77. The molecule has 0 spiro atoms. The standard InChI is InChI=1S/C22H45.C3H4O4.Li.Na.H/c1-4-6-8-10-12-14-16-18-20-22(3)21-19-17-15-13-11-9-7-5-2;4-2(5)1-3(6)7;;;/h22H,3-21H2,1-2H3;1H2,(H,4,5)(H,6,7);;;. The summed E-state index contributed by atoms with van der Waals surface area (Å²) >= 11 is 2.40. The fraction of sp³-hybridized carbons (Fsp3) is 0.920. The molecule has 6 heteroatoms. The number of carboxylic acid groups (broad SMARTS) is 2. The maximum absolute atomic E-state index is 9.43. The van der Waals surface area contributed by atoms with Gasteiger partial charge in [0.2, 0.25) is 0 Å². The van der Waals surface area contributed by atoms with Gasteiger partial charge in [0, 0.05) is 0 Å². The Bertz CT molecular complexity index is 349. The van der Waals surface area contributed by atoms with Crippen molar-refractivity contribution in [1.82, 2.24) is 0 Å². The Morgan fingerprint density at radius 1 is 0.613 bits per heavy atom. The third-order valence-electron chi connectivity index (χ3n) is 5.81. The zero-order valence-corrected chi connectivity index (χ0v) is 20.4. The van der Waals surface area contributed by atoms with Crippen molar-refractivity contribution < 1.29 is 19.8 Å². The van der Waals surface area contributed by atoms with Crippen molar-refractivity contribution >= 4 is 59.2 Å². The van der Waals surface area contributed by atoms with Crippen molar-refractivity contribution in [3.63, 3.8) is 0 Å². The quantitative estimate of drug-likeness (QED) is 0.112. The molecule has 0 unspecified atom stereocenters. The molecule has 0 fully saturated rings. The third kappa shape index (κ3) is 35.3. The van der Waals surface area contributed by atoms with Gasteiger partial charge in [-0.25, -0.2) is 0 Å². The van der Waals surface area contributed by atoms with Gasteiger partial charge in [-0.3, -0.25) is 9.59 Å². The Morgan fingerprint density at radius 2 is 0.903 bits per heavy atom. The van der Waals surface area contributed by atoms with E-state index in [1.807, 2.05) is 0 Å². The number of unbranched alkanes of at least 4 members (excludes halogenated alkanes) is 14. The molecular formula is C25H50LiNaO4. The van der Waals surface area contributed by atoms with E-state index in [0.29, 0.717) is 0 Å². The van der Waals surface area contributed by atoms with Crippen LogP contribution in [0.25, 0.3) is 0 Å². The van der Waals surface area contributed by atoms with Gasteiger partial charge in [-0.2, -0.15) is 0 Å². The van der Waals surface area contributed by atoms with E-state index < -0.39 is 18.4 Å². The molecule has 4 nitrogen and oxygen atoms in total. The van der Waals surface area contributed by atoms with Crippen LogP contribution in [0.2, 0.25) is 5.09 Å². The summed E-state index contributed by atoms with van der Waals surface area (Å²) in [5.41, 5.74) is 0. The summed E-state index contributed by atoms with van der Waals surface area (Å²) in [5, 5.41) is 16.8. The van der Waals surface area contributed by atoms with Crippen molar-refractivity contribution in [3.8, 4) is 0 Å². The zero-order chi connectivity index (χ0) is 22.9. The van der Waals surface area contributed by atoms with Gasteiger partial charge in [-0.1, -0.05) is 0 Å². The summed E-state index contributed by atoms with van der Waals surface area (Å²) in [6, 6.07) is 0. The summed E-state index contributed by atoms with van der Waals surface area (Å²) in [7, 11) is 0. The third-order valence-corrected chi connectivity index (χ3v) is 5.81. The van der Waals surface area contributed by atoms with Crippen LogP contribution < -0.4 is 0 Å². The molecule has 0 aliphatic carbocycles. The molecule has 0 saturated heterocycles. The molecule has 0 aromatic carbocycles. The summed E-state index contributed by atoms with van der Waals surface area (Å²) < 4.78 is 0. The predicted octanol–water partition coefficient (Wildman–Crippen LogP) is 7.15. The molecule has 0 atom stereocenters. The molecule has 0 aliphatic heterocycles. The number of rotatable bonds is 21. The molecule has 0 radical (unpaired) electrons. The fourth-order valence-corrected chi connectivity index (χ4v) is 3.82. The first-order chi connectivity index (χ1) is 14.5. The number of carboxylic acids is 2. The molecule has 0 heterocycles. The SMILES string of the molecule is O=C(O)CC(=O)O.[Li][CH2]C(CCCCCCCCCC)CCCCCCCCCC.[NaH]. The number of aliphatic carboxylic acids is 2. The van der Waals surface area contributed by atoms with Crippen molar-refractivity contribution in [1.29, 1.82) is 0 Å². The van der Waals surface area contributed by atoms with Crippen LogP contribution in [0.4, 0.5) is 0 Å². The van der Waals surface area contributed by atoms with Crippen molar-refractivity contribution in [3.05, 3.63) is 0 Å². The van der Waals surface area contributed by atoms with Gasteiger partial charge in [0.25, 0.3) is 0 Å². The van der Waals surface area contributed by atoms with E-state index in [-0.39, 0.29) is 29.6 Å². The Morgan fingerprint density at radius 3 is 1.13 bits per heavy atom. The van der Waals surface area contributed by atoms with Crippen LogP contribution in [0.3, 0.4) is 0 Å². The first-order valence-electron chi connectivity index (χ1n) is 12.9. The average Bonchev–Trinajstić information content (AvgIpc) is 2.69. The summed E-state index contributed by atoms with van der Waals surface area (Å²) in [6.07, 6.45) is 25.6. The van der Waals surface area contributed by atoms with Crippen LogP contribution in [-0.4, -0.2) is 69.4 Å². The topological polar surface area (TPSA) is 74.6 Å². The van der Waals surface area contributed by atoms with Gasteiger partial charge in [-0.15, -0.1) is 0 Å². The maximum atomic E-state index is 9.43. The summed E-state index contributed by atoms with van der Waals surface area (Å²) in [4.78, 5) is 18.9. The molecule has 0 aromatic heterocycles. The first-order valence-corrected chi connectivity index (χ1v) is 12.9. The molecule has 0 saturated carbocycles. The van der Waals surface area contributed by atoms with Gasteiger partial charge in [0.05, 0.1) is 0 Å². The molecule has 0 bridgehead atoms. The van der Waals surface area contributed by atoms with E-state index in [0.717, 1.165) is 5.92 Å². The monoisotopic (exact) mass is 444 g/mol. The molecule has 31 heavy (non-hydrogen) atoms. The van der Waals surface area contributed by atoms with Gasteiger partial charge in [-0.05, 0) is 0 Å². The van der Waals surface area contributed by atoms with Crippen molar-refractivity contribution in [2.45, 2.75) is 141 Å². The molecule has 176 valence electrons. The second kappa shape index (κ2) is 30.5. The zero-order valence-electron chi connectivity index (χ0n) is 20.4.